The Hall–Kier alpha value is -2.77. The summed E-state index contributed by atoms with van der Waals surface area (Å²) in [4.78, 5) is 30.0. The fraction of sp³-hybridized carbons (Fsp3) is 0.609. The summed E-state index contributed by atoms with van der Waals surface area (Å²) in [5.41, 5.74) is 1.30. The number of likely N-dealkylation sites (tertiary alicyclic amines) is 1. The third-order valence-electron chi connectivity index (χ3n) is 5.17. The first-order valence-electron chi connectivity index (χ1n) is 11.0. The Balaban J connectivity index is 1.70. The molecule has 1 aromatic carbocycles. The van der Waals surface area contributed by atoms with E-state index in [1.807, 2.05) is 45.0 Å². The molecule has 0 unspecified atom stereocenters. The van der Waals surface area contributed by atoms with Gasteiger partial charge >= 0.3 is 6.09 Å². The Morgan fingerprint density at radius 1 is 1.19 bits per heavy atom. The lowest BCUT2D eigenvalue weighted by atomic mass is 9.97. The molecule has 0 aliphatic carbocycles. The average molecular weight is 432 g/mol. The van der Waals surface area contributed by atoms with Gasteiger partial charge in [-0.3, -0.25) is 9.79 Å². The lowest BCUT2D eigenvalue weighted by Gasteiger charge is -2.33. The average Bonchev–Trinajstić information content (AvgIpc) is 2.75. The third kappa shape index (κ3) is 8.47. The molecule has 1 heterocycles. The van der Waals surface area contributed by atoms with Gasteiger partial charge < -0.3 is 25.6 Å². The number of piperidine rings is 1. The van der Waals surface area contributed by atoms with Crippen LogP contribution in [0.2, 0.25) is 0 Å². The highest BCUT2D eigenvalue weighted by Crippen LogP contribution is 2.19. The van der Waals surface area contributed by atoms with Crippen molar-refractivity contribution < 1.29 is 14.3 Å². The molecule has 0 atom stereocenters. The summed E-state index contributed by atoms with van der Waals surface area (Å²) < 4.78 is 5.46. The van der Waals surface area contributed by atoms with E-state index in [0.717, 1.165) is 50.4 Å². The molecule has 1 fully saturated rings. The van der Waals surface area contributed by atoms with E-state index >= 15 is 0 Å². The van der Waals surface area contributed by atoms with E-state index in [1.165, 1.54) is 0 Å². The van der Waals surface area contributed by atoms with Gasteiger partial charge in [-0.25, -0.2) is 4.79 Å². The minimum Gasteiger partial charge on any atom is -0.444 e. The van der Waals surface area contributed by atoms with Crippen LogP contribution in [0.3, 0.4) is 0 Å². The molecule has 31 heavy (non-hydrogen) atoms. The van der Waals surface area contributed by atoms with Crippen molar-refractivity contribution in [1.82, 2.24) is 20.9 Å². The first-order chi connectivity index (χ1) is 14.7. The van der Waals surface area contributed by atoms with Crippen molar-refractivity contribution in [3.8, 4) is 0 Å². The number of rotatable bonds is 6. The highest BCUT2D eigenvalue weighted by Gasteiger charge is 2.26. The number of amides is 2. The van der Waals surface area contributed by atoms with Crippen LogP contribution in [0.5, 0.6) is 0 Å². The van der Waals surface area contributed by atoms with E-state index in [-0.39, 0.29) is 12.0 Å². The highest BCUT2D eigenvalue weighted by atomic mass is 16.6. The van der Waals surface area contributed by atoms with Crippen LogP contribution in [-0.4, -0.2) is 68.7 Å². The van der Waals surface area contributed by atoms with Crippen molar-refractivity contribution in [2.24, 2.45) is 10.9 Å². The van der Waals surface area contributed by atoms with Gasteiger partial charge in [0.05, 0.1) is 0 Å². The number of guanidine groups is 1. The highest BCUT2D eigenvalue weighted by molar-refractivity contribution is 5.94. The molecule has 1 aliphatic heterocycles. The number of carbonyl (C=O) groups excluding carboxylic acids is 2. The number of hydrogen-bond donors (Lipinski definition) is 3. The maximum Gasteiger partial charge on any atom is 0.410 e. The summed E-state index contributed by atoms with van der Waals surface area (Å²) in [6, 6.07) is 7.64. The molecule has 0 bridgehead atoms. The zero-order valence-electron chi connectivity index (χ0n) is 19.5. The predicted octanol–water partition coefficient (Wildman–Crippen LogP) is 2.40. The molecule has 0 radical (unpaired) electrons. The van der Waals surface area contributed by atoms with E-state index in [1.54, 1.807) is 19.0 Å². The molecule has 2 amide bonds. The number of benzene rings is 1. The lowest BCUT2D eigenvalue weighted by molar-refractivity contribution is 0.0185. The molecule has 0 saturated carbocycles. The van der Waals surface area contributed by atoms with E-state index in [4.69, 9.17) is 4.74 Å². The molecular formula is C23H37N5O3. The molecular weight excluding hydrogens is 394 g/mol. The summed E-state index contributed by atoms with van der Waals surface area (Å²) in [7, 11) is 3.39. The summed E-state index contributed by atoms with van der Waals surface area (Å²) in [5, 5.41) is 9.36. The second-order valence-corrected chi connectivity index (χ2v) is 8.82. The Morgan fingerprint density at radius 3 is 2.52 bits per heavy atom. The number of nitrogens with zero attached hydrogens (tertiary/aromatic N) is 2. The molecule has 0 spiro atoms. The van der Waals surface area contributed by atoms with Crippen LogP contribution in [0.15, 0.2) is 29.3 Å². The normalized spacial score (nSPS) is 15.4. The SMILES string of the molecule is CN=C(NCCc1cccc(C(=O)NC)c1)NCC1CCN(C(=O)OC(C)(C)C)CC1. The first kappa shape index (κ1) is 24.5. The maximum absolute atomic E-state index is 12.2. The van der Waals surface area contributed by atoms with Gasteiger partial charge in [0.2, 0.25) is 0 Å². The standard InChI is InChI=1S/C23H37N5O3/c1-23(2,3)31-22(30)28-13-10-18(11-14-28)16-27-21(25-5)26-12-9-17-7-6-8-19(15-17)20(29)24-4/h6-8,15,18H,9-14,16H2,1-5H3,(H,24,29)(H2,25,26,27). The van der Waals surface area contributed by atoms with Crippen LogP contribution < -0.4 is 16.0 Å². The van der Waals surface area contributed by atoms with Crippen molar-refractivity contribution in [3.63, 3.8) is 0 Å². The number of aliphatic imine (C=N–C) groups is 1. The number of ether oxygens (including phenoxy) is 1. The van der Waals surface area contributed by atoms with Gasteiger partial charge in [-0.1, -0.05) is 12.1 Å². The Kier molecular flexibility index (Phi) is 9.15. The largest absolute Gasteiger partial charge is 0.444 e. The molecule has 8 nitrogen and oxygen atoms in total. The van der Waals surface area contributed by atoms with E-state index in [9.17, 15) is 9.59 Å². The van der Waals surface area contributed by atoms with Crippen LogP contribution >= 0.6 is 0 Å². The van der Waals surface area contributed by atoms with Crippen molar-refractivity contribution >= 4 is 18.0 Å². The second-order valence-electron chi connectivity index (χ2n) is 8.82. The molecule has 1 aromatic rings. The smallest absolute Gasteiger partial charge is 0.410 e. The summed E-state index contributed by atoms with van der Waals surface area (Å²) in [6.45, 7) is 8.63. The van der Waals surface area contributed by atoms with Gasteiger partial charge in [-0.05, 0) is 63.6 Å². The van der Waals surface area contributed by atoms with E-state index in [2.05, 4.69) is 20.9 Å². The van der Waals surface area contributed by atoms with Gasteiger partial charge in [0, 0.05) is 45.8 Å². The van der Waals surface area contributed by atoms with Gasteiger partial charge in [0.1, 0.15) is 5.60 Å². The topological polar surface area (TPSA) is 95.1 Å². The maximum atomic E-state index is 12.2. The molecule has 1 aliphatic rings. The monoisotopic (exact) mass is 431 g/mol. The molecule has 172 valence electrons. The van der Waals surface area contributed by atoms with E-state index in [0.29, 0.717) is 18.0 Å². The van der Waals surface area contributed by atoms with Crippen LogP contribution in [0.25, 0.3) is 0 Å². The first-order valence-corrected chi connectivity index (χ1v) is 11.0. The van der Waals surface area contributed by atoms with Gasteiger partial charge in [-0.2, -0.15) is 0 Å². The molecule has 3 N–H and O–H groups in total. The van der Waals surface area contributed by atoms with Gasteiger partial charge in [0.25, 0.3) is 5.91 Å². The zero-order chi connectivity index (χ0) is 22.9. The summed E-state index contributed by atoms with van der Waals surface area (Å²) >= 11 is 0. The predicted molar refractivity (Wildman–Crippen MR) is 123 cm³/mol. The minimum atomic E-state index is -0.461. The Morgan fingerprint density at radius 2 is 1.90 bits per heavy atom. The molecule has 2 rings (SSSR count). The molecule has 8 heteroatoms. The van der Waals surface area contributed by atoms with Crippen LogP contribution in [0.1, 0.15) is 49.5 Å². The third-order valence-corrected chi connectivity index (χ3v) is 5.17. The van der Waals surface area contributed by atoms with Crippen molar-refractivity contribution in [2.45, 2.75) is 45.6 Å². The number of nitrogens with one attached hydrogen (secondary N) is 3. The fourth-order valence-corrected chi connectivity index (χ4v) is 3.45. The van der Waals surface area contributed by atoms with Crippen molar-refractivity contribution in [3.05, 3.63) is 35.4 Å². The van der Waals surface area contributed by atoms with Gasteiger partial charge in [0.15, 0.2) is 5.96 Å². The summed E-state index contributed by atoms with van der Waals surface area (Å²) in [6.07, 6.45) is 2.45. The second kappa shape index (κ2) is 11.6. The van der Waals surface area contributed by atoms with Crippen LogP contribution in [-0.2, 0) is 11.2 Å². The Bertz CT molecular complexity index is 765. The molecule has 0 aromatic heterocycles. The molecule has 1 saturated heterocycles. The Labute approximate surface area is 185 Å². The van der Waals surface area contributed by atoms with E-state index < -0.39 is 5.60 Å². The quantitative estimate of drug-likeness (QED) is 0.475. The van der Waals surface area contributed by atoms with Gasteiger partial charge in [-0.15, -0.1) is 0 Å². The number of carbonyl (C=O) groups is 2. The fourth-order valence-electron chi connectivity index (χ4n) is 3.45. The lowest BCUT2D eigenvalue weighted by Crippen LogP contribution is -2.45. The van der Waals surface area contributed by atoms with Crippen molar-refractivity contribution in [2.75, 3.05) is 40.3 Å². The van der Waals surface area contributed by atoms with Crippen LogP contribution in [0, 0.1) is 5.92 Å². The van der Waals surface area contributed by atoms with Crippen molar-refractivity contribution in [1.29, 1.82) is 0 Å². The minimum absolute atomic E-state index is 0.0787. The van der Waals surface area contributed by atoms with Crippen LogP contribution in [0.4, 0.5) is 4.79 Å². The zero-order valence-corrected chi connectivity index (χ0v) is 19.5. The summed E-state index contributed by atoms with van der Waals surface area (Å²) in [5.74, 6) is 1.17. The number of hydrogen-bond acceptors (Lipinski definition) is 4.